The molecule has 170 valence electrons. The summed E-state index contributed by atoms with van der Waals surface area (Å²) in [5.74, 6) is 0.798. The predicted octanol–water partition coefficient (Wildman–Crippen LogP) is 3.66. The average Bonchev–Trinajstić information content (AvgIpc) is 3.04. The summed E-state index contributed by atoms with van der Waals surface area (Å²) in [5.41, 5.74) is 0.858. The minimum absolute atomic E-state index is 0.0590. The number of rotatable bonds is 5. The third kappa shape index (κ3) is 4.38. The van der Waals surface area contributed by atoms with Gasteiger partial charge in [-0.1, -0.05) is 12.1 Å². The van der Waals surface area contributed by atoms with Gasteiger partial charge in [-0.05, 0) is 57.6 Å². The second kappa shape index (κ2) is 9.47. The van der Waals surface area contributed by atoms with Crippen LogP contribution in [0.4, 0.5) is 10.5 Å². The first kappa shape index (κ1) is 21.9. The number of para-hydroxylation sites is 2. The van der Waals surface area contributed by atoms with Crippen molar-refractivity contribution in [2.75, 3.05) is 31.7 Å². The Hall–Kier alpha value is -2.28. The van der Waals surface area contributed by atoms with Crippen LogP contribution in [0.5, 0.6) is 5.75 Å². The Balaban J connectivity index is 1.39. The van der Waals surface area contributed by atoms with Crippen molar-refractivity contribution < 1.29 is 19.1 Å². The Morgan fingerprint density at radius 1 is 1.03 bits per heavy atom. The van der Waals surface area contributed by atoms with Crippen molar-refractivity contribution in [1.82, 2.24) is 9.80 Å². The van der Waals surface area contributed by atoms with Crippen LogP contribution >= 0.6 is 0 Å². The monoisotopic (exact) mass is 429 g/mol. The normalized spacial score (nSPS) is 26.5. The third-order valence-corrected chi connectivity index (χ3v) is 7.25. The average molecular weight is 430 g/mol. The van der Waals surface area contributed by atoms with E-state index < -0.39 is 0 Å². The van der Waals surface area contributed by atoms with E-state index in [4.69, 9.17) is 9.47 Å². The number of amides is 2. The zero-order valence-electron chi connectivity index (χ0n) is 19.0. The van der Waals surface area contributed by atoms with Crippen LogP contribution in [0.25, 0.3) is 0 Å². The van der Waals surface area contributed by atoms with Crippen LogP contribution < -0.4 is 9.64 Å². The summed E-state index contributed by atoms with van der Waals surface area (Å²) in [4.78, 5) is 31.4. The fourth-order valence-corrected chi connectivity index (χ4v) is 5.90. The minimum atomic E-state index is -0.138. The van der Waals surface area contributed by atoms with Crippen LogP contribution in [0.2, 0.25) is 0 Å². The highest BCUT2D eigenvalue weighted by Crippen LogP contribution is 2.39. The molecule has 2 bridgehead atoms. The number of hydrogen-bond acceptors (Lipinski definition) is 5. The molecule has 7 heteroatoms. The summed E-state index contributed by atoms with van der Waals surface area (Å²) in [6.45, 7) is 5.90. The molecule has 31 heavy (non-hydrogen) atoms. The molecule has 0 aromatic heterocycles. The summed E-state index contributed by atoms with van der Waals surface area (Å²) >= 11 is 0. The second-order valence-electron chi connectivity index (χ2n) is 8.94. The number of hydrogen-bond donors (Lipinski definition) is 0. The van der Waals surface area contributed by atoms with Gasteiger partial charge in [0.25, 0.3) is 0 Å². The summed E-state index contributed by atoms with van der Waals surface area (Å²) < 4.78 is 10.8. The Kier molecular flexibility index (Phi) is 6.70. The molecule has 2 unspecified atom stereocenters. The quantitative estimate of drug-likeness (QED) is 0.715. The Bertz CT molecular complexity index is 779. The molecule has 0 saturated carbocycles. The van der Waals surface area contributed by atoms with Crippen LogP contribution in [0, 0.1) is 0 Å². The summed E-state index contributed by atoms with van der Waals surface area (Å²) in [5, 5.41) is 0. The lowest BCUT2D eigenvalue weighted by Gasteiger charge is -2.46. The van der Waals surface area contributed by atoms with Crippen LogP contribution in [-0.4, -0.2) is 72.8 Å². The lowest BCUT2D eigenvalue weighted by Crippen LogP contribution is -2.55. The molecule has 3 fully saturated rings. The highest BCUT2D eigenvalue weighted by atomic mass is 16.6. The van der Waals surface area contributed by atoms with Crippen LogP contribution in [-0.2, 0) is 9.53 Å². The van der Waals surface area contributed by atoms with E-state index in [1.807, 2.05) is 41.0 Å². The predicted molar refractivity (Wildman–Crippen MR) is 119 cm³/mol. The van der Waals surface area contributed by atoms with Gasteiger partial charge >= 0.3 is 6.09 Å². The highest BCUT2D eigenvalue weighted by Gasteiger charge is 2.46. The van der Waals surface area contributed by atoms with Crippen LogP contribution in [0.3, 0.4) is 0 Å². The first-order valence-electron chi connectivity index (χ1n) is 11.6. The van der Waals surface area contributed by atoms with Crippen molar-refractivity contribution in [3.05, 3.63) is 24.3 Å². The van der Waals surface area contributed by atoms with Gasteiger partial charge < -0.3 is 24.2 Å². The minimum Gasteiger partial charge on any atom is -0.495 e. The molecule has 1 aromatic carbocycles. The first-order valence-corrected chi connectivity index (χ1v) is 11.6. The van der Waals surface area contributed by atoms with Crippen molar-refractivity contribution in [2.24, 2.45) is 0 Å². The molecule has 3 aliphatic heterocycles. The molecule has 0 radical (unpaired) electrons. The van der Waals surface area contributed by atoms with Crippen LogP contribution in [0.1, 0.15) is 52.4 Å². The van der Waals surface area contributed by atoms with Gasteiger partial charge in [-0.3, -0.25) is 4.79 Å². The van der Waals surface area contributed by atoms with Gasteiger partial charge in [-0.2, -0.15) is 0 Å². The Morgan fingerprint density at radius 3 is 2.26 bits per heavy atom. The molecule has 0 spiro atoms. The van der Waals surface area contributed by atoms with Crippen molar-refractivity contribution in [3.63, 3.8) is 0 Å². The van der Waals surface area contributed by atoms with Gasteiger partial charge in [0, 0.05) is 44.2 Å². The van der Waals surface area contributed by atoms with Gasteiger partial charge in [-0.15, -0.1) is 0 Å². The lowest BCUT2D eigenvalue weighted by atomic mass is 9.93. The maximum Gasteiger partial charge on any atom is 0.410 e. The van der Waals surface area contributed by atoms with E-state index in [-0.39, 0.29) is 18.0 Å². The molecule has 0 N–H and O–H groups in total. The topological polar surface area (TPSA) is 62.3 Å². The number of carbonyl (C=O) groups is 2. The molecule has 3 heterocycles. The van der Waals surface area contributed by atoms with Gasteiger partial charge in [-0.25, -0.2) is 4.79 Å². The van der Waals surface area contributed by atoms with E-state index in [1.165, 1.54) is 0 Å². The molecule has 0 aliphatic carbocycles. The number of ether oxygens (including phenoxy) is 2. The van der Waals surface area contributed by atoms with Crippen molar-refractivity contribution in [3.8, 4) is 5.75 Å². The molecular weight excluding hydrogens is 394 g/mol. The number of methoxy groups -OCH3 is 1. The number of likely N-dealkylation sites (tertiary alicyclic amines) is 1. The van der Waals surface area contributed by atoms with E-state index in [0.29, 0.717) is 24.7 Å². The van der Waals surface area contributed by atoms with E-state index >= 15 is 0 Å². The first-order chi connectivity index (χ1) is 15.0. The second-order valence-corrected chi connectivity index (χ2v) is 8.94. The van der Waals surface area contributed by atoms with Gasteiger partial charge in [0.15, 0.2) is 0 Å². The number of carbonyl (C=O) groups excluding carboxylic acids is 2. The van der Waals surface area contributed by atoms with Crippen molar-refractivity contribution in [2.45, 2.75) is 76.5 Å². The summed E-state index contributed by atoms with van der Waals surface area (Å²) in [7, 11) is 1.65. The van der Waals surface area contributed by atoms with Gasteiger partial charge in [0.2, 0.25) is 5.91 Å². The number of benzene rings is 1. The highest BCUT2D eigenvalue weighted by molar-refractivity contribution is 5.93. The zero-order chi connectivity index (χ0) is 22.0. The van der Waals surface area contributed by atoms with Gasteiger partial charge in [0.05, 0.1) is 19.4 Å². The van der Waals surface area contributed by atoms with Crippen molar-refractivity contribution >= 4 is 17.7 Å². The smallest absolute Gasteiger partial charge is 0.410 e. The maximum atomic E-state index is 12.5. The standard InChI is InChI=1S/C24H35N3O4/c1-4-31-24(29)27-19-9-10-20(27)16-21(15-19)25-13-11-18(12-14-25)26(17(2)28)22-7-5-6-8-23(22)30-3/h5-8,18-21H,4,9-16H2,1-3H3. The number of nitrogens with zero attached hydrogens (tertiary/aromatic N) is 3. The molecule has 3 saturated heterocycles. The van der Waals surface area contributed by atoms with E-state index in [1.54, 1.807) is 14.0 Å². The molecular formula is C24H35N3O4. The SMILES string of the molecule is CCOC(=O)N1C2CCC1CC(N1CCC(N(C(C)=O)c3ccccc3OC)CC1)C2. The number of fused-ring (bicyclic) bond motifs is 2. The van der Waals surface area contributed by atoms with Crippen LogP contribution in [0.15, 0.2) is 24.3 Å². The number of anilines is 1. The Morgan fingerprint density at radius 2 is 1.68 bits per heavy atom. The van der Waals surface area contributed by atoms with E-state index in [2.05, 4.69) is 4.90 Å². The summed E-state index contributed by atoms with van der Waals surface area (Å²) in [6.07, 6.45) is 5.99. The van der Waals surface area contributed by atoms with E-state index in [0.717, 1.165) is 63.1 Å². The Labute approximate surface area is 185 Å². The zero-order valence-corrected chi connectivity index (χ0v) is 19.0. The molecule has 7 nitrogen and oxygen atoms in total. The fourth-order valence-electron chi connectivity index (χ4n) is 5.90. The van der Waals surface area contributed by atoms with Gasteiger partial charge in [0.1, 0.15) is 5.75 Å². The molecule has 2 amide bonds. The maximum absolute atomic E-state index is 12.5. The number of piperidine rings is 2. The third-order valence-electron chi connectivity index (χ3n) is 7.25. The molecule has 1 aromatic rings. The summed E-state index contributed by atoms with van der Waals surface area (Å²) in [6, 6.07) is 9.08. The molecule has 3 aliphatic rings. The van der Waals surface area contributed by atoms with E-state index in [9.17, 15) is 9.59 Å². The lowest BCUT2D eigenvalue weighted by molar-refractivity contribution is -0.117. The fraction of sp³-hybridized carbons (Fsp3) is 0.667. The largest absolute Gasteiger partial charge is 0.495 e. The van der Waals surface area contributed by atoms with Crippen molar-refractivity contribution in [1.29, 1.82) is 0 Å². The molecule has 4 rings (SSSR count). The molecule has 2 atom stereocenters.